The van der Waals surface area contributed by atoms with Crippen LogP contribution in [0.4, 0.5) is 0 Å². The lowest BCUT2D eigenvalue weighted by molar-refractivity contribution is 0.195. The van der Waals surface area contributed by atoms with Crippen LogP contribution in [0.2, 0.25) is 0 Å². The summed E-state index contributed by atoms with van der Waals surface area (Å²) >= 11 is 2.05. The van der Waals surface area contributed by atoms with Crippen molar-refractivity contribution < 1.29 is 0 Å². The average molecular weight is 244 g/mol. The topological polar surface area (TPSA) is 15.3 Å². The molecular formula is C13H28N2S. The Labute approximate surface area is 106 Å². The third-order valence-corrected chi connectivity index (χ3v) is 4.20. The fourth-order valence-corrected chi connectivity index (χ4v) is 2.90. The van der Waals surface area contributed by atoms with Crippen LogP contribution in [0.15, 0.2) is 0 Å². The molecule has 0 saturated carbocycles. The van der Waals surface area contributed by atoms with Crippen molar-refractivity contribution in [3.8, 4) is 0 Å². The number of piperidine rings is 1. The molecule has 1 fully saturated rings. The summed E-state index contributed by atoms with van der Waals surface area (Å²) in [6, 6.07) is 1.42. The number of nitrogens with one attached hydrogen (secondary N) is 1. The van der Waals surface area contributed by atoms with Gasteiger partial charge in [-0.05, 0) is 39.0 Å². The van der Waals surface area contributed by atoms with E-state index in [1.807, 2.05) is 0 Å². The van der Waals surface area contributed by atoms with Crippen LogP contribution in [-0.2, 0) is 0 Å². The highest BCUT2D eigenvalue weighted by Crippen LogP contribution is 2.11. The minimum Gasteiger partial charge on any atom is -0.313 e. The molecule has 96 valence electrons. The van der Waals surface area contributed by atoms with Gasteiger partial charge in [0.1, 0.15) is 0 Å². The third kappa shape index (κ3) is 5.55. The largest absolute Gasteiger partial charge is 0.313 e. The van der Waals surface area contributed by atoms with Crippen molar-refractivity contribution in [1.29, 1.82) is 0 Å². The summed E-state index contributed by atoms with van der Waals surface area (Å²) < 4.78 is 0. The van der Waals surface area contributed by atoms with Crippen LogP contribution in [0.1, 0.15) is 40.0 Å². The molecule has 1 unspecified atom stereocenters. The van der Waals surface area contributed by atoms with Gasteiger partial charge in [0.25, 0.3) is 0 Å². The predicted molar refractivity (Wildman–Crippen MR) is 75.3 cm³/mol. The van der Waals surface area contributed by atoms with Gasteiger partial charge in [0.05, 0.1) is 0 Å². The van der Waals surface area contributed by atoms with Crippen molar-refractivity contribution in [3.63, 3.8) is 0 Å². The maximum Gasteiger partial charge on any atom is 0.0195 e. The Morgan fingerprint density at radius 2 is 2.19 bits per heavy atom. The van der Waals surface area contributed by atoms with Crippen molar-refractivity contribution in [2.75, 3.05) is 31.1 Å². The van der Waals surface area contributed by atoms with Gasteiger partial charge in [0.15, 0.2) is 0 Å². The van der Waals surface area contributed by atoms with Crippen molar-refractivity contribution in [3.05, 3.63) is 0 Å². The number of nitrogens with zero attached hydrogens (tertiary/aromatic N) is 1. The average Bonchev–Trinajstić information content (AvgIpc) is 2.29. The highest BCUT2D eigenvalue weighted by Gasteiger charge is 2.17. The minimum atomic E-state index is 0.682. The number of hydrogen-bond acceptors (Lipinski definition) is 3. The SMILES string of the molecule is CCSCCN(CC1CCCCN1)C(C)C. The van der Waals surface area contributed by atoms with Gasteiger partial charge >= 0.3 is 0 Å². The summed E-state index contributed by atoms with van der Waals surface area (Å²) in [5.74, 6) is 2.52. The molecule has 0 amide bonds. The molecule has 1 aliphatic rings. The van der Waals surface area contributed by atoms with Gasteiger partial charge in [-0.1, -0.05) is 13.3 Å². The van der Waals surface area contributed by atoms with Gasteiger partial charge in [-0.15, -0.1) is 0 Å². The van der Waals surface area contributed by atoms with E-state index in [9.17, 15) is 0 Å². The molecule has 0 bridgehead atoms. The fourth-order valence-electron chi connectivity index (χ4n) is 2.25. The zero-order valence-corrected chi connectivity index (χ0v) is 12.0. The molecule has 3 heteroatoms. The van der Waals surface area contributed by atoms with Crippen LogP contribution in [0.5, 0.6) is 0 Å². The Morgan fingerprint density at radius 1 is 1.38 bits per heavy atom. The van der Waals surface area contributed by atoms with Gasteiger partial charge in [0.2, 0.25) is 0 Å². The lowest BCUT2D eigenvalue weighted by atomic mass is 10.0. The highest BCUT2D eigenvalue weighted by molar-refractivity contribution is 7.99. The van der Waals surface area contributed by atoms with Crippen molar-refractivity contribution in [1.82, 2.24) is 10.2 Å². The Balaban J connectivity index is 2.25. The second kappa shape index (κ2) is 8.37. The fraction of sp³-hybridized carbons (Fsp3) is 1.00. The zero-order chi connectivity index (χ0) is 11.8. The van der Waals surface area contributed by atoms with Crippen LogP contribution < -0.4 is 5.32 Å². The number of hydrogen-bond donors (Lipinski definition) is 1. The van der Waals surface area contributed by atoms with Gasteiger partial charge in [-0.3, -0.25) is 4.90 Å². The molecule has 1 N–H and O–H groups in total. The summed E-state index contributed by atoms with van der Waals surface area (Å²) in [5, 5.41) is 3.65. The molecule has 1 saturated heterocycles. The molecule has 0 aromatic heterocycles. The van der Waals surface area contributed by atoms with E-state index in [1.165, 1.54) is 50.4 Å². The normalized spacial score (nSPS) is 21.9. The second-order valence-electron chi connectivity index (χ2n) is 4.93. The van der Waals surface area contributed by atoms with Crippen molar-refractivity contribution in [2.45, 2.75) is 52.1 Å². The van der Waals surface area contributed by atoms with Crippen LogP contribution in [0.25, 0.3) is 0 Å². The Hall–Kier alpha value is 0.270. The molecule has 2 nitrogen and oxygen atoms in total. The Bertz CT molecular complexity index is 167. The molecule has 0 aromatic rings. The molecule has 0 spiro atoms. The first kappa shape index (κ1) is 14.3. The van der Waals surface area contributed by atoms with Crippen LogP contribution in [-0.4, -0.2) is 48.1 Å². The molecule has 1 heterocycles. The minimum absolute atomic E-state index is 0.682. The lowest BCUT2D eigenvalue weighted by Gasteiger charge is -2.33. The quantitative estimate of drug-likeness (QED) is 0.693. The first-order chi connectivity index (χ1) is 7.74. The smallest absolute Gasteiger partial charge is 0.0195 e. The maximum atomic E-state index is 3.65. The highest BCUT2D eigenvalue weighted by atomic mass is 32.2. The summed E-state index contributed by atoms with van der Waals surface area (Å²) in [4.78, 5) is 2.63. The predicted octanol–water partition coefficient (Wildman–Crippen LogP) is 2.59. The van der Waals surface area contributed by atoms with Crippen LogP contribution in [0.3, 0.4) is 0 Å². The van der Waals surface area contributed by atoms with Crippen molar-refractivity contribution in [2.24, 2.45) is 0 Å². The molecule has 1 atom stereocenters. The van der Waals surface area contributed by atoms with Crippen LogP contribution in [0, 0.1) is 0 Å². The summed E-state index contributed by atoms with van der Waals surface area (Å²) in [7, 11) is 0. The molecule has 1 aliphatic heterocycles. The van der Waals surface area contributed by atoms with E-state index in [-0.39, 0.29) is 0 Å². The van der Waals surface area contributed by atoms with E-state index < -0.39 is 0 Å². The Morgan fingerprint density at radius 3 is 2.75 bits per heavy atom. The summed E-state index contributed by atoms with van der Waals surface area (Å²) in [6.07, 6.45) is 4.14. The first-order valence-corrected chi connectivity index (χ1v) is 7.94. The molecule has 0 aromatic carbocycles. The summed E-state index contributed by atoms with van der Waals surface area (Å²) in [6.45, 7) is 10.6. The molecule has 16 heavy (non-hydrogen) atoms. The molecule has 0 aliphatic carbocycles. The van der Waals surface area contributed by atoms with E-state index in [0.29, 0.717) is 6.04 Å². The monoisotopic (exact) mass is 244 g/mol. The van der Waals surface area contributed by atoms with E-state index >= 15 is 0 Å². The van der Waals surface area contributed by atoms with E-state index in [2.05, 4.69) is 42.7 Å². The second-order valence-corrected chi connectivity index (χ2v) is 6.33. The molecule has 0 radical (unpaired) electrons. The first-order valence-electron chi connectivity index (χ1n) is 6.79. The van der Waals surface area contributed by atoms with E-state index in [1.54, 1.807) is 0 Å². The molecular weight excluding hydrogens is 216 g/mol. The van der Waals surface area contributed by atoms with E-state index in [0.717, 1.165) is 6.04 Å². The number of thioether (sulfide) groups is 1. The van der Waals surface area contributed by atoms with Crippen LogP contribution >= 0.6 is 11.8 Å². The number of rotatable bonds is 7. The maximum absolute atomic E-state index is 3.65. The zero-order valence-electron chi connectivity index (χ0n) is 11.2. The standard InChI is InChI=1S/C13H28N2S/c1-4-16-10-9-15(12(2)3)11-13-7-5-6-8-14-13/h12-14H,4-11H2,1-3H3. The van der Waals surface area contributed by atoms with Gasteiger partial charge in [-0.2, -0.15) is 11.8 Å². The lowest BCUT2D eigenvalue weighted by Crippen LogP contribution is -2.46. The van der Waals surface area contributed by atoms with Gasteiger partial charge < -0.3 is 5.32 Å². The Kier molecular flexibility index (Phi) is 7.50. The van der Waals surface area contributed by atoms with Gasteiger partial charge in [0, 0.05) is 30.9 Å². The van der Waals surface area contributed by atoms with E-state index in [4.69, 9.17) is 0 Å². The summed E-state index contributed by atoms with van der Waals surface area (Å²) in [5.41, 5.74) is 0. The van der Waals surface area contributed by atoms with Crippen molar-refractivity contribution >= 4 is 11.8 Å². The van der Waals surface area contributed by atoms with Gasteiger partial charge in [-0.25, -0.2) is 0 Å². The molecule has 1 rings (SSSR count). The third-order valence-electron chi connectivity index (χ3n) is 3.32.